The van der Waals surface area contributed by atoms with Crippen molar-refractivity contribution in [1.82, 2.24) is 39.9 Å². The summed E-state index contributed by atoms with van der Waals surface area (Å²) < 4.78 is 37.6. The van der Waals surface area contributed by atoms with E-state index in [2.05, 4.69) is 72.4 Å². The number of hydrogen-bond donors (Lipinski definition) is 5. The van der Waals surface area contributed by atoms with Gasteiger partial charge in [0.15, 0.2) is 0 Å². The van der Waals surface area contributed by atoms with Crippen molar-refractivity contribution in [2.75, 3.05) is 0 Å². The molecule has 0 atom stereocenters. The van der Waals surface area contributed by atoms with Crippen LogP contribution in [0.5, 0.6) is 0 Å². The summed E-state index contributed by atoms with van der Waals surface area (Å²) in [5.74, 6) is 0. The molecule has 0 spiro atoms. The number of aromatic amines is 4. The standard InChI is InChI=1S/C44H30N4O3S.C20H14N4/c49-52(50,51)44-38-26-25-36(47-38)41(30-17-9-3-10-18-30)34-22-21-33(45-34)40(29-15-7-2-8-16-29)35-23-24-37(46-35)42(31-19-11-4-12-20-31)43-32(27-39(44)48-43)28-13-5-1-6-14-28;1-2-14-10-16-5-6-18(23-16)12-20-8-7-19(24-20)11-17-4-3-15(22-17)9-13(1)21-14/h1-27,45,48H,(H,49,50,51);1-12,21-22H. The Labute approximate surface area is 436 Å². The lowest BCUT2D eigenvalue weighted by Crippen LogP contribution is -2.01. The fourth-order valence-electron chi connectivity index (χ4n) is 10.0. The van der Waals surface area contributed by atoms with Crippen molar-refractivity contribution in [2.45, 2.75) is 4.90 Å². The molecular weight excluding hydrogens is 961 g/mol. The van der Waals surface area contributed by atoms with Gasteiger partial charge in [0.05, 0.1) is 56.6 Å². The highest BCUT2D eigenvalue weighted by Crippen LogP contribution is 2.40. The highest BCUT2D eigenvalue weighted by molar-refractivity contribution is 7.86. The molecule has 6 aromatic heterocycles. The third-order valence-electron chi connectivity index (χ3n) is 13.4. The van der Waals surface area contributed by atoms with Crippen LogP contribution in [0.2, 0.25) is 0 Å². The predicted octanol–water partition coefficient (Wildman–Crippen LogP) is 15.2. The second kappa shape index (κ2) is 19.1. The van der Waals surface area contributed by atoms with Crippen LogP contribution >= 0.6 is 0 Å². The minimum atomic E-state index is -4.79. The molecule has 0 amide bonds. The molecule has 14 rings (SSSR count). The minimum absolute atomic E-state index is 0.115. The van der Waals surface area contributed by atoms with E-state index in [1.807, 2.05) is 176 Å². The van der Waals surface area contributed by atoms with Gasteiger partial charge in [-0.1, -0.05) is 121 Å². The smallest absolute Gasteiger partial charge is 0.298 e. The Morgan fingerprint density at radius 1 is 0.329 bits per heavy atom. The van der Waals surface area contributed by atoms with Crippen molar-refractivity contribution in [1.29, 1.82) is 0 Å². The van der Waals surface area contributed by atoms with Gasteiger partial charge in [-0.15, -0.1) is 0 Å². The van der Waals surface area contributed by atoms with Crippen LogP contribution in [-0.4, -0.2) is 52.8 Å². The van der Waals surface area contributed by atoms with E-state index in [4.69, 9.17) is 9.97 Å². The molecular formula is C64H44N8O3S. The first kappa shape index (κ1) is 45.8. The number of hydrogen-bond acceptors (Lipinski definition) is 6. The Morgan fingerprint density at radius 3 is 1.20 bits per heavy atom. The lowest BCUT2D eigenvalue weighted by atomic mass is 9.99. The summed E-state index contributed by atoms with van der Waals surface area (Å²) in [7, 11) is -4.79. The monoisotopic (exact) mass is 1000 g/mol. The summed E-state index contributed by atoms with van der Waals surface area (Å²) in [6.07, 6.45) is 15.5. The maximum absolute atomic E-state index is 13.4. The van der Waals surface area contributed by atoms with E-state index < -0.39 is 10.1 Å². The molecule has 16 bridgehead atoms. The van der Waals surface area contributed by atoms with Crippen LogP contribution in [0.15, 0.2) is 193 Å². The Balaban J connectivity index is 0.000000191. The number of fused-ring (bicyclic) bond motifs is 16. The second-order valence-electron chi connectivity index (χ2n) is 18.5. The number of rotatable bonds is 5. The predicted molar refractivity (Wildman–Crippen MR) is 309 cm³/mol. The number of aromatic nitrogens is 8. The molecule has 4 aliphatic heterocycles. The highest BCUT2D eigenvalue weighted by Gasteiger charge is 2.25. The fraction of sp³-hybridized carbons (Fsp3) is 0. The normalized spacial score (nSPS) is 12.4. The van der Waals surface area contributed by atoms with E-state index in [1.54, 1.807) is 18.2 Å². The van der Waals surface area contributed by atoms with Crippen LogP contribution in [0.1, 0.15) is 45.6 Å². The van der Waals surface area contributed by atoms with Gasteiger partial charge in [0.1, 0.15) is 4.90 Å². The van der Waals surface area contributed by atoms with E-state index >= 15 is 0 Å². The fourth-order valence-corrected chi connectivity index (χ4v) is 10.8. The van der Waals surface area contributed by atoms with E-state index in [0.29, 0.717) is 16.9 Å². The number of benzene rings is 4. The third-order valence-corrected chi connectivity index (χ3v) is 14.3. The van der Waals surface area contributed by atoms with Crippen molar-refractivity contribution in [3.63, 3.8) is 0 Å². The minimum Gasteiger partial charge on any atom is -0.355 e. The molecule has 0 saturated heterocycles. The Hall–Kier alpha value is -10.0. The molecule has 4 aromatic carbocycles. The lowest BCUT2D eigenvalue weighted by molar-refractivity contribution is 0.483. The van der Waals surface area contributed by atoms with E-state index in [9.17, 15) is 13.0 Å². The van der Waals surface area contributed by atoms with Gasteiger partial charge in [-0.05, 0) is 138 Å². The molecule has 0 radical (unpaired) electrons. The van der Waals surface area contributed by atoms with Crippen molar-refractivity contribution in [3.8, 4) is 44.5 Å². The van der Waals surface area contributed by atoms with Crippen LogP contribution in [0.25, 0.3) is 137 Å². The van der Waals surface area contributed by atoms with Crippen molar-refractivity contribution < 1.29 is 13.0 Å². The van der Waals surface area contributed by atoms with Crippen LogP contribution in [0.3, 0.4) is 0 Å². The van der Waals surface area contributed by atoms with Gasteiger partial charge in [-0.2, -0.15) is 8.42 Å². The zero-order chi connectivity index (χ0) is 51.2. The lowest BCUT2D eigenvalue weighted by Gasteiger charge is -2.07. The largest absolute Gasteiger partial charge is 0.355 e. The zero-order valence-electron chi connectivity index (χ0n) is 40.5. The van der Waals surface area contributed by atoms with Gasteiger partial charge in [0.2, 0.25) is 0 Å². The maximum atomic E-state index is 13.4. The first-order valence-electron chi connectivity index (χ1n) is 24.7. The Bertz CT molecular complexity index is 4440. The first-order chi connectivity index (χ1) is 37.2. The van der Waals surface area contributed by atoms with Gasteiger partial charge >= 0.3 is 0 Å². The second-order valence-corrected chi connectivity index (χ2v) is 19.8. The average molecular weight is 1010 g/mol. The van der Waals surface area contributed by atoms with Gasteiger partial charge < -0.3 is 19.9 Å². The van der Waals surface area contributed by atoms with Crippen LogP contribution in [0, 0.1) is 0 Å². The molecule has 10 aromatic rings. The molecule has 12 heteroatoms. The zero-order valence-corrected chi connectivity index (χ0v) is 41.3. The molecule has 11 nitrogen and oxygen atoms in total. The van der Waals surface area contributed by atoms with Crippen molar-refractivity contribution in [3.05, 3.63) is 234 Å². The molecule has 0 saturated carbocycles. The summed E-state index contributed by atoms with van der Waals surface area (Å²) in [6, 6.07) is 61.9. The summed E-state index contributed by atoms with van der Waals surface area (Å²) in [4.78, 5) is 33.0. The molecule has 0 unspecified atom stereocenters. The molecule has 364 valence electrons. The molecule has 10 heterocycles. The summed E-state index contributed by atoms with van der Waals surface area (Å²) >= 11 is 0. The van der Waals surface area contributed by atoms with Gasteiger partial charge in [0.25, 0.3) is 10.1 Å². The third kappa shape index (κ3) is 9.10. The van der Waals surface area contributed by atoms with Gasteiger partial charge in [0, 0.05) is 55.4 Å². The highest BCUT2D eigenvalue weighted by atomic mass is 32.2. The Morgan fingerprint density at radius 2 is 0.724 bits per heavy atom. The van der Waals surface area contributed by atoms with Crippen LogP contribution < -0.4 is 0 Å². The quantitative estimate of drug-likeness (QED) is 0.107. The molecule has 5 N–H and O–H groups in total. The summed E-state index contributed by atoms with van der Waals surface area (Å²) in [6.45, 7) is 0. The number of nitrogens with one attached hydrogen (secondary N) is 4. The number of H-pyrrole nitrogens is 4. The SMILES string of the molecule is C1=Cc2cc3ccc(cc4ccc(cc5nc(cc1n2)C=C5)[nH]4)[nH]3.O=S(=O)(O)c1c2nc(c(-c3ccccc3)c3ccc([nH]3)c(-c3ccccc3)c3nc(c(-c4ccccc4)c4[nH]c1cc4-c1ccccc1)C=C3)C=C2. The van der Waals surface area contributed by atoms with Gasteiger partial charge in [-0.3, -0.25) is 4.55 Å². The van der Waals surface area contributed by atoms with Crippen LogP contribution in [-0.2, 0) is 10.1 Å². The first-order valence-corrected chi connectivity index (χ1v) is 26.1. The molecule has 76 heavy (non-hydrogen) atoms. The van der Waals surface area contributed by atoms with E-state index in [-0.39, 0.29) is 16.1 Å². The van der Waals surface area contributed by atoms with Gasteiger partial charge in [-0.25, -0.2) is 19.9 Å². The topological polar surface area (TPSA) is 169 Å². The molecule has 0 fully saturated rings. The summed E-state index contributed by atoms with van der Waals surface area (Å²) in [5.41, 5.74) is 19.3. The maximum Gasteiger partial charge on any atom is 0.298 e. The number of nitrogens with zero attached hydrogens (tertiary/aromatic N) is 4. The van der Waals surface area contributed by atoms with E-state index in [1.165, 1.54) is 0 Å². The van der Waals surface area contributed by atoms with Crippen LogP contribution in [0.4, 0.5) is 0 Å². The molecule has 4 aliphatic rings. The van der Waals surface area contributed by atoms with E-state index in [0.717, 1.165) is 106 Å². The average Bonchev–Trinajstić information content (AvgIpc) is 4.32. The summed E-state index contributed by atoms with van der Waals surface area (Å²) in [5, 5.41) is 0. The van der Waals surface area contributed by atoms with Crippen molar-refractivity contribution in [2.24, 2.45) is 0 Å². The molecule has 0 aliphatic carbocycles. The van der Waals surface area contributed by atoms with Crippen molar-refractivity contribution >= 4 is 103 Å². The Kier molecular flexibility index (Phi) is 11.5.